The molecule has 1 N–H and O–H groups in total. The summed E-state index contributed by atoms with van der Waals surface area (Å²) in [6, 6.07) is 22.1. The van der Waals surface area contributed by atoms with E-state index in [0.717, 1.165) is 5.69 Å². The fourth-order valence-electron chi connectivity index (χ4n) is 3.16. The summed E-state index contributed by atoms with van der Waals surface area (Å²) in [5.41, 5.74) is 2.01. The van der Waals surface area contributed by atoms with Gasteiger partial charge in [-0.05, 0) is 48.5 Å². The van der Waals surface area contributed by atoms with Crippen molar-refractivity contribution in [2.24, 2.45) is 0 Å². The number of para-hydroxylation sites is 2. The minimum absolute atomic E-state index is 0.00867. The molecule has 33 heavy (non-hydrogen) atoms. The van der Waals surface area contributed by atoms with Crippen molar-refractivity contribution in [3.8, 4) is 22.7 Å². The zero-order chi connectivity index (χ0) is 23.2. The third-order valence-corrected chi connectivity index (χ3v) is 4.80. The van der Waals surface area contributed by atoms with Gasteiger partial charge in [0.2, 0.25) is 0 Å². The minimum atomic E-state index is -0.730. The molecule has 0 saturated heterocycles. The smallest absolute Gasteiger partial charge is 0.342 e. The molecular weight excluding hydrogens is 425 g/mol. The lowest BCUT2D eigenvalue weighted by Crippen LogP contribution is -2.21. The van der Waals surface area contributed by atoms with E-state index < -0.39 is 24.3 Å². The molecule has 1 amide bonds. The number of carbonyl (C=O) groups is 2. The maximum atomic E-state index is 13.7. The fourth-order valence-corrected chi connectivity index (χ4v) is 3.16. The average Bonchev–Trinajstić information content (AvgIpc) is 3.30. The highest BCUT2D eigenvalue weighted by molar-refractivity contribution is 5.98. The van der Waals surface area contributed by atoms with Gasteiger partial charge in [0.1, 0.15) is 22.8 Å². The molecule has 4 rings (SSSR count). The van der Waals surface area contributed by atoms with Crippen LogP contribution in [0.2, 0.25) is 0 Å². The normalized spacial score (nSPS) is 10.5. The van der Waals surface area contributed by atoms with Gasteiger partial charge in [0.25, 0.3) is 5.91 Å². The molecule has 0 radical (unpaired) electrons. The third-order valence-electron chi connectivity index (χ3n) is 4.80. The molecule has 4 aromatic rings. The molecule has 3 aromatic carbocycles. The van der Waals surface area contributed by atoms with Crippen LogP contribution in [0.25, 0.3) is 16.9 Å². The summed E-state index contributed by atoms with van der Waals surface area (Å²) in [5.74, 6) is -1.31. The first-order chi connectivity index (χ1) is 16.0. The summed E-state index contributed by atoms with van der Waals surface area (Å²) in [6.45, 7) is -0.578. The Hall–Kier alpha value is -4.46. The van der Waals surface area contributed by atoms with Crippen molar-refractivity contribution >= 4 is 17.6 Å². The fraction of sp³-hybridized carbons (Fsp3) is 0.0800. The van der Waals surface area contributed by atoms with Crippen LogP contribution >= 0.6 is 0 Å². The van der Waals surface area contributed by atoms with Gasteiger partial charge >= 0.3 is 5.97 Å². The highest BCUT2D eigenvalue weighted by atomic mass is 19.1. The topological polar surface area (TPSA) is 82.5 Å². The van der Waals surface area contributed by atoms with E-state index in [4.69, 9.17) is 9.47 Å². The predicted molar refractivity (Wildman–Crippen MR) is 121 cm³/mol. The van der Waals surface area contributed by atoms with Crippen LogP contribution < -0.4 is 10.1 Å². The molecular formula is C25H20FN3O4. The van der Waals surface area contributed by atoms with E-state index in [2.05, 4.69) is 10.4 Å². The molecule has 0 aliphatic rings. The van der Waals surface area contributed by atoms with Gasteiger partial charge in [0, 0.05) is 11.8 Å². The lowest BCUT2D eigenvalue weighted by Gasteiger charge is -2.07. The monoisotopic (exact) mass is 445 g/mol. The van der Waals surface area contributed by atoms with E-state index in [1.165, 1.54) is 18.2 Å². The number of methoxy groups -OCH3 is 1. The predicted octanol–water partition coefficient (Wildman–Crippen LogP) is 4.48. The Kier molecular flexibility index (Phi) is 6.45. The average molecular weight is 445 g/mol. The number of aromatic nitrogens is 2. The maximum absolute atomic E-state index is 13.7. The number of ether oxygens (including phenoxy) is 2. The molecule has 0 saturated carbocycles. The van der Waals surface area contributed by atoms with Gasteiger partial charge in [-0.25, -0.2) is 13.9 Å². The number of nitrogens with one attached hydrogen (secondary N) is 1. The van der Waals surface area contributed by atoms with Gasteiger partial charge in [-0.15, -0.1) is 0 Å². The Morgan fingerprint density at radius 2 is 1.67 bits per heavy atom. The van der Waals surface area contributed by atoms with E-state index in [1.54, 1.807) is 48.3 Å². The first-order valence-corrected chi connectivity index (χ1v) is 10.1. The molecule has 0 atom stereocenters. The Morgan fingerprint density at radius 3 is 2.36 bits per heavy atom. The lowest BCUT2D eigenvalue weighted by molar-refractivity contribution is -0.119. The first kappa shape index (κ1) is 21.8. The van der Waals surface area contributed by atoms with Crippen molar-refractivity contribution < 1.29 is 23.5 Å². The summed E-state index contributed by atoms with van der Waals surface area (Å²) >= 11 is 0. The number of carbonyl (C=O) groups excluding carboxylic acids is 2. The molecule has 0 spiro atoms. The number of benzene rings is 3. The molecule has 7 nitrogen and oxygen atoms in total. The van der Waals surface area contributed by atoms with Crippen LogP contribution in [0.5, 0.6) is 5.75 Å². The van der Waals surface area contributed by atoms with Crippen molar-refractivity contribution in [2.45, 2.75) is 0 Å². The van der Waals surface area contributed by atoms with E-state index in [-0.39, 0.29) is 11.3 Å². The van der Waals surface area contributed by atoms with Crippen molar-refractivity contribution in [3.05, 3.63) is 96.4 Å². The number of esters is 1. The summed E-state index contributed by atoms with van der Waals surface area (Å²) in [5, 5.41) is 6.94. The minimum Gasteiger partial charge on any atom is -0.497 e. The van der Waals surface area contributed by atoms with Crippen LogP contribution in [-0.4, -0.2) is 35.4 Å². The van der Waals surface area contributed by atoms with Crippen LogP contribution in [0.1, 0.15) is 10.4 Å². The van der Waals surface area contributed by atoms with Gasteiger partial charge in [0.05, 0.1) is 18.5 Å². The summed E-state index contributed by atoms with van der Waals surface area (Å²) < 4.78 is 25.7. The molecule has 0 bridgehead atoms. The summed E-state index contributed by atoms with van der Waals surface area (Å²) in [6.07, 6.45) is 1.55. The zero-order valence-electron chi connectivity index (χ0n) is 17.7. The van der Waals surface area contributed by atoms with Gasteiger partial charge in [0.15, 0.2) is 6.61 Å². The molecule has 0 aliphatic carbocycles. The quantitative estimate of drug-likeness (QED) is 0.424. The van der Waals surface area contributed by atoms with Gasteiger partial charge in [-0.3, -0.25) is 4.79 Å². The number of hydrogen-bond acceptors (Lipinski definition) is 5. The Balaban J connectivity index is 1.56. The molecule has 8 heteroatoms. The van der Waals surface area contributed by atoms with Gasteiger partial charge < -0.3 is 14.8 Å². The van der Waals surface area contributed by atoms with Crippen LogP contribution in [0.15, 0.2) is 85.1 Å². The third kappa shape index (κ3) is 5.07. The maximum Gasteiger partial charge on any atom is 0.342 e. The highest BCUT2D eigenvalue weighted by Gasteiger charge is 2.21. The van der Waals surface area contributed by atoms with Crippen molar-refractivity contribution in [1.82, 2.24) is 9.78 Å². The molecule has 166 valence electrons. The van der Waals surface area contributed by atoms with Crippen LogP contribution in [0.4, 0.5) is 10.1 Å². The largest absolute Gasteiger partial charge is 0.497 e. The zero-order valence-corrected chi connectivity index (χ0v) is 17.7. The van der Waals surface area contributed by atoms with Crippen LogP contribution in [-0.2, 0) is 9.53 Å². The van der Waals surface area contributed by atoms with Crippen molar-refractivity contribution in [2.75, 3.05) is 19.0 Å². The van der Waals surface area contributed by atoms with Crippen LogP contribution in [0.3, 0.4) is 0 Å². The first-order valence-electron chi connectivity index (χ1n) is 10.1. The number of anilines is 1. The second kappa shape index (κ2) is 9.78. The number of hydrogen-bond donors (Lipinski definition) is 1. The molecule has 0 fully saturated rings. The van der Waals surface area contributed by atoms with E-state index in [1.807, 2.05) is 30.3 Å². The second-order valence-electron chi connectivity index (χ2n) is 7.00. The number of nitrogens with zero attached hydrogens (tertiary/aromatic N) is 2. The Bertz CT molecular complexity index is 1270. The van der Waals surface area contributed by atoms with E-state index >= 15 is 0 Å². The van der Waals surface area contributed by atoms with Crippen molar-refractivity contribution in [1.29, 1.82) is 0 Å². The van der Waals surface area contributed by atoms with E-state index in [9.17, 15) is 14.0 Å². The van der Waals surface area contributed by atoms with E-state index in [0.29, 0.717) is 17.0 Å². The molecule has 1 aromatic heterocycles. The van der Waals surface area contributed by atoms with Crippen LogP contribution in [0, 0.1) is 5.82 Å². The molecule has 1 heterocycles. The number of amides is 1. The summed E-state index contributed by atoms with van der Waals surface area (Å²) in [4.78, 5) is 25.0. The second-order valence-corrected chi connectivity index (χ2v) is 7.00. The van der Waals surface area contributed by atoms with Gasteiger partial charge in [-0.1, -0.05) is 30.3 Å². The highest BCUT2D eigenvalue weighted by Crippen LogP contribution is 2.26. The Labute approximate surface area is 189 Å². The standard InChI is InChI=1S/C25H20FN3O4/c1-32-19-13-11-17(12-14-19)24-20(15-29(28-24)18-7-3-2-4-8-18)25(31)33-16-23(30)27-22-10-6-5-9-21(22)26/h2-15H,16H2,1H3,(H,27,30). The van der Waals surface area contributed by atoms with Crippen molar-refractivity contribution in [3.63, 3.8) is 0 Å². The Morgan fingerprint density at radius 1 is 0.970 bits per heavy atom. The molecule has 0 aliphatic heterocycles. The SMILES string of the molecule is COc1ccc(-c2nn(-c3ccccc3)cc2C(=O)OCC(=O)Nc2ccccc2F)cc1. The number of rotatable bonds is 7. The number of halogens is 1. The molecule has 0 unspecified atom stereocenters. The summed E-state index contributed by atoms with van der Waals surface area (Å²) in [7, 11) is 1.56. The lowest BCUT2D eigenvalue weighted by atomic mass is 10.1. The van der Waals surface area contributed by atoms with Gasteiger partial charge in [-0.2, -0.15) is 5.10 Å².